The summed E-state index contributed by atoms with van der Waals surface area (Å²) in [5, 5.41) is 8.10. The molecule has 0 radical (unpaired) electrons. The number of benzene rings is 1. The molecular formula is C22H32N4O2. The van der Waals surface area contributed by atoms with Crippen LogP contribution in [0.4, 0.5) is 6.01 Å². The van der Waals surface area contributed by atoms with E-state index in [9.17, 15) is 4.79 Å². The van der Waals surface area contributed by atoms with Gasteiger partial charge in [0.1, 0.15) is 0 Å². The maximum atomic E-state index is 12.5. The van der Waals surface area contributed by atoms with Gasteiger partial charge in [0.25, 0.3) is 0 Å². The lowest BCUT2D eigenvalue weighted by Gasteiger charge is -2.33. The topological polar surface area (TPSA) is 62.5 Å². The average molecular weight is 385 g/mol. The minimum atomic E-state index is 0.177. The van der Waals surface area contributed by atoms with Crippen molar-refractivity contribution in [1.29, 1.82) is 0 Å². The molecule has 0 bridgehead atoms. The van der Waals surface area contributed by atoms with E-state index in [1.54, 1.807) is 0 Å². The number of rotatable bonds is 6. The third-order valence-corrected chi connectivity index (χ3v) is 5.34. The van der Waals surface area contributed by atoms with Gasteiger partial charge in [-0.2, -0.15) is 0 Å². The van der Waals surface area contributed by atoms with Gasteiger partial charge in [-0.3, -0.25) is 4.79 Å². The van der Waals surface area contributed by atoms with E-state index >= 15 is 0 Å². The Balaban J connectivity index is 1.41. The quantitative estimate of drug-likeness (QED) is 0.761. The number of piperazine rings is 1. The number of amides is 1. The van der Waals surface area contributed by atoms with E-state index in [0.717, 1.165) is 32.4 Å². The molecule has 1 aromatic heterocycles. The van der Waals surface area contributed by atoms with Crippen LogP contribution in [0.3, 0.4) is 0 Å². The molecule has 28 heavy (non-hydrogen) atoms. The van der Waals surface area contributed by atoms with Gasteiger partial charge in [-0.05, 0) is 29.4 Å². The Morgan fingerprint density at radius 1 is 1.07 bits per heavy atom. The Labute approximate surface area is 167 Å². The fraction of sp³-hybridized carbons (Fsp3) is 0.591. The van der Waals surface area contributed by atoms with Gasteiger partial charge in [0.2, 0.25) is 11.8 Å². The number of hydrogen-bond donors (Lipinski definition) is 0. The highest BCUT2D eigenvalue weighted by molar-refractivity contribution is 5.76. The third-order valence-electron chi connectivity index (χ3n) is 5.34. The van der Waals surface area contributed by atoms with Crippen molar-refractivity contribution < 1.29 is 9.21 Å². The van der Waals surface area contributed by atoms with Crippen molar-refractivity contribution in [3.05, 3.63) is 41.3 Å². The first-order valence-electron chi connectivity index (χ1n) is 10.3. The number of hydrogen-bond acceptors (Lipinski definition) is 5. The van der Waals surface area contributed by atoms with Gasteiger partial charge >= 0.3 is 6.01 Å². The molecule has 2 heterocycles. The molecule has 1 saturated heterocycles. The lowest BCUT2D eigenvalue weighted by Crippen LogP contribution is -2.48. The lowest BCUT2D eigenvalue weighted by molar-refractivity contribution is -0.131. The average Bonchev–Trinajstić information content (AvgIpc) is 3.17. The predicted octanol–water partition coefficient (Wildman–Crippen LogP) is 3.60. The molecule has 3 rings (SSSR count). The second-order valence-electron chi connectivity index (χ2n) is 8.50. The van der Waals surface area contributed by atoms with Crippen molar-refractivity contribution in [1.82, 2.24) is 15.1 Å². The first kappa shape index (κ1) is 20.4. The number of carbonyl (C=O) groups is 1. The van der Waals surface area contributed by atoms with Crippen molar-refractivity contribution >= 4 is 11.9 Å². The van der Waals surface area contributed by atoms with Crippen LogP contribution < -0.4 is 4.90 Å². The summed E-state index contributed by atoms with van der Waals surface area (Å²) in [5.74, 6) is 0.898. The molecule has 152 valence electrons. The van der Waals surface area contributed by atoms with Crippen LogP contribution in [-0.2, 0) is 23.1 Å². The van der Waals surface area contributed by atoms with Crippen molar-refractivity contribution in [2.75, 3.05) is 31.1 Å². The molecule has 1 aliphatic rings. The first-order chi connectivity index (χ1) is 13.4. The Kier molecular flexibility index (Phi) is 6.37. The molecule has 0 unspecified atom stereocenters. The monoisotopic (exact) mass is 384 g/mol. The SMILES string of the molecule is CCc1nnc(N2CCN(C(=O)CCCc3ccc(C(C)(C)C)cc3)CC2)o1. The number of aromatic nitrogens is 2. The van der Waals surface area contributed by atoms with Gasteiger partial charge in [0.15, 0.2) is 0 Å². The molecule has 6 nitrogen and oxygen atoms in total. The molecule has 2 aromatic rings. The number of carbonyl (C=O) groups excluding carboxylic acids is 1. The molecule has 1 amide bonds. The van der Waals surface area contributed by atoms with Crippen molar-refractivity contribution in [3.63, 3.8) is 0 Å². The van der Waals surface area contributed by atoms with Crippen molar-refractivity contribution in [3.8, 4) is 0 Å². The fourth-order valence-electron chi connectivity index (χ4n) is 3.44. The van der Waals surface area contributed by atoms with E-state index < -0.39 is 0 Å². The van der Waals surface area contributed by atoms with E-state index in [0.29, 0.717) is 31.4 Å². The van der Waals surface area contributed by atoms with E-state index in [1.165, 1.54) is 11.1 Å². The maximum Gasteiger partial charge on any atom is 0.318 e. The normalized spacial score (nSPS) is 15.1. The van der Waals surface area contributed by atoms with E-state index in [-0.39, 0.29) is 11.3 Å². The van der Waals surface area contributed by atoms with Crippen LogP contribution in [0.5, 0.6) is 0 Å². The highest BCUT2D eigenvalue weighted by Gasteiger charge is 2.23. The van der Waals surface area contributed by atoms with Crippen LogP contribution in [0.1, 0.15) is 57.6 Å². The lowest BCUT2D eigenvalue weighted by atomic mass is 9.86. The first-order valence-corrected chi connectivity index (χ1v) is 10.3. The smallest absolute Gasteiger partial charge is 0.318 e. The van der Waals surface area contributed by atoms with Crippen LogP contribution in [0.15, 0.2) is 28.7 Å². The van der Waals surface area contributed by atoms with Crippen LogP contribution in [0.25, 0.3) is 0 Å². The summed E-state index contributed by atoms with van der Waals surface area (Å²) in [5.41, 5.74) is 2.82. The Bertz CT molecular complexity index is 769. The standard InChI is InChI=1S/C22H32N4O2/c1-5-19-23-24-21(28-19)26-15-13-25(14-16-26)20(27)8-6-7-17-9-11-18(12-10-17)22(2,3)4/h9-12H,5-8,13-16H2,1-4H3. The van der Waals surface area contributed by atoms with Gasteiger partial charge in [-0.1, -0.05) is 57.1 Å². The minimum Gasteiger partial charge on any atom is -0.408 e. The zero-order valence-corrected chi connectivity index (χ0v) is 17.6. The molecule has 0 saturated carbocycles. The van der Waals surface area contributed by atoms with E-state index in [1.807, 2.05) is 11.8 Å². The Hall–Kier alpha value is -2.37. The summed E-state index contributed by atoms with van der Waals surface area (Å²) in [6.07, 6.45) is 3.17. The molecule has 0 atom stereocenters. The minimum absolute atomic E-state index is 0.177. The molecule has 0 N–H and O–H groups in total. The summed E-state index contributed by atoms with van der Waals surface area (Å²) in [4.78, 5) is 16.5. The Morgan fingerprint density at radius 3 is 2.32 bits per heavy atom. The number of anilines is 1. The van der Waals surface area contributed by atoms with Gasteiger partial charge < -0.3 is 14.2 Å². The van der Waals surface area contributed by atoms with Crippen LogP contribution in [0.2, 0.25) is 0 Å². The second kappa shape index (κ2) is 8.76. The highest BCUT2D eigenvalue weighted by Crippen LogP contribution is 2.22. The van der Waals surface area contributed by atoms with Crippen LogP contribution in [0, 0.1) is 0 Å². The molecule has 1 aromatic carbocycles. The summed E-state index contributed by atoms with van der Waals surface area (Å²) in [6.45, 7) is 11.6. The number of nitrogens with zero attached hydrogens (tertiary/aromatic N) is 4. The summed E-state index contributed by atoms with van der Waals surface area (Å²) < 4.78 is 5.61. The number of aryl methyl sites for hydroxylation is 2. The molecule has 6 heteroatoms. The van der Waals surface area contributed by atoms with E-state index in [2.05, 4.69) is 60.1 Å². The summed E-state index contributed by atoms with van der Waals surface area (Å²) >= 11 is 0. The maximum absolute atomic E-state index is 12.5. The van der Waals surface area contributed by atoms with Crippen LogP contribution >= 0.6 is 0 Å². The van der Waals surface area contributed by atoms with Gasteiger partial charge in [-0.15, -0.1) is 5.10 Å². The van der Waals surface area contributed by atoms with Gasteiger partial charge in [0, 0.05) is 39.0 Å². The largest absolute Gasteiger partial charge is 0.408 e. The van der Waals surface area contributed by atoms with Crippen LogP contribution in [-0.4, -0.2) is 47.2 Å². The second-order valence-corrected chi connectivity index (χ2v) is 8.50. The molecule has 0 aliphatic carbocycles. The molecule has 0 spiro atoms. The molecule has 1 aliphatic heterocycles. The van der Waals surface area contributed by atoms with Crippen molar-refractivity contribution in [2.24, 2.45) is 0 Å². The molecular weight excluding hydrogens is 352 g/mol. The summed E-state index contributed by atoms with van der Waals surface area (Å²) in [6, 6.07) is 9.37. The summed E-state index contributed by atoms with van der Waals surface area (Å²) in [7, 11) is 0. The predicted molar refractivity (Wildman–Crippen MR) is 111 cm³/mol. The Morgan fingerprint density at radius 2 is 1.75 bits per heavy atom. The highest BCUT2D eigenvalue weighted by atomic mass is 16.4. The van der Waals surface area contributed by atoms with Crippen molar-refractivity contribution in [2.45, 2.75) is 58.8 Å². The molecule has 1 fully saturated rings. The van der Waals surface area contributed by atoms with Gasteiger partial charge in [0.05, 0.1) is 0 Å². The zero-order valence-electron chi connectivity index (χ0n) is 17.6. The fourth-order valence-corrected chi connectivity index (χ4v) is 3.44. The third kappa shape index (κ3) is 5.12. The van der Waals surface area contributed by atoms with E-state index in [4.69, 9.17) is 4.42 Å². The zero-order chi connectivity index (χ0) is 20.1. The van der Waals surface area contributed by atoms with Gasteiger partial charge in [-0.25, -0.2) is 0 Å².